The van der Waals surface area contributed by atoms with E-state index < -0.39 is 0 Å². The maximum absolute atomic E-state index is 8.97. The standard InChI is InChI=1S/C21H21ClN2O.C2H6.2CH2O/c1-3-11-25-21-8-7-20-18(17(21)4-2)9-10-24(20)14-16-6-5-15(13-23)12-19(16)22;3*1-2/h5-10,12H,3-4,11,14H2,1-2H3;1-2H3;2*1H2. The van der Waals surface area contributed by atoms with E-state index in [1.807, 2.05) is 33.5 Å². The summed E-state index contributed by atoms with van der Waals surface area (Å²) in [5.41, 5.74) is 4.00. The molecule has 1 aromatic heterocycles. The van der Waals surface area contributed by atoms with Gasteiger partial charge in [-0.3, -0.25) is 0 Å². The van der Waals surface area contributed by atoms with Gasteiger partial charge in [0.05, 0.1) is 18.2 Å². The molecule has 31 heavy (non-hydrogen) atoms. The van der Waals surface area contributed by atoms with E-state index in [2.05, 4.69) is 48.9 Å². The van der Waals surface area contributed by atoms with Crippen molar-refractivity contribution in [2.24, 2.45) is 0 Å². The second-order valence-electron chi connectivity index (χ2n) is 6.04. The molecule has 3 aromatic rings. The van der Waals surface area contributed by atoms with Crippen LogP contribution in [0, 0.1) is 11.3 Å². The van der Waals surface area contributed by atoms with E-state index in [9.17, 15) is 0 Å². The lowest BCUT2D eigenvalue weighted by atomic mass is 10.1. The predicted octanol–water partition coefficient (Wildman–Crippen LogP) is 6.22. The molecule has 0 fully saturated rings. The van der Waals surface area contributed by atoms with E-state index in [1.165, 1.54) is 16.5 Å². The number of nitriles is 1. The van der Waals surface area contributed by atoms with Gasteiger partial charge < -0.3 is 18.9 Å². The van der Waals surface area contributed by atoms with Crippen molar-refractivity contribution in [2.75, 3.05) is 6.61 Å². The summed E-state index contributed by atoms with van der Waals surface area (Å²) < 4.78 is 8.08. The van der Waals surface area contributed by atoms with Crippen LogP contribution in [-0.2, 0) is 22.6 Å². The van der Waals surface area contributed by atoms with E-state index >= 15 is 0 Å². The molecule has 0 N–H and O–H groups in total. The van der Waals surface area contributed by atoms with Gasteiger partial charge in [-0.1, -0.05) is 45.4 Å². The molecule has 0 atom stereocenters. The van der Waals surface area contributed by atoms with Crippen LogP contribution in [0.25, 0.3) is 10.9 Å². The summed E-state index contributed by atoms with van der Waals surface area (Å²) in [4.78, 5) is 16.0. The van der Waals surface area contributed by atoms with Crippen LogP contribution >= 0.6 is 11.6 Å². The van der Waals surface area contributed by atoms with Crippen molar-refractivity contribution < 1.29 is 14.3 Å². The quantitative estimate of drug-likeness (QED) is 0.454. The maximum Gasteiger partial charge on any atom is 0.123 e. The third-order valence-corrected chi connectivity index (χ3v) is 4.71. The molecule has 0 aliphatic carbocycles. The summed E-state index contributed by atoms with van der Waals surface area (Å²) in [5, 5.41) is 10.8. The van der Waals surface area contributed by atoms with Crippen molar-refractivity contribution in [3.05, 3.63) is 64.3 Å². The number of carbonyl (C=O) groups is 2. The second kappa shape index (κ2) is 15.7. The second-order valence-corrected chi connectivity index (χ2v) is 6.45. The minimum absolute atomic E-state index is 0.581. The Bertz CT molecular complexity index is 975. The van der Waals surface area contributed by atoms with Crippen molar-refractivity contribution in [2.45, 2.75) is 47.1 Å². The summed E-state index contributed by atoms with van der Waals surface area (Å²) in [6.07, 6.45) is 4.01. The zero-order valence-electron chi connectivity index (χ0n) is 18.8. The lowest BCUT2D eigenvalue weighted by molar-refractivity contribution is -0.0987. The summed E-state index contributed by atoms with van der Waals surface area (Å²) in [6, 6.07) is 13.9. The van der Waals surface area contributed by atoms with Crippen LogP contribution in [0.2, 0.25) is 5.02 Å². The highest BCUT2D eigenvalue weighted by Crippen LogP contribution is 2.30. The van der Waals surface area contributed by atoms with E-state index in [4.69, 9.17) is 31.2 Å². The average molecular weight is 443 g/mol. The molecule has 0 spiro atoms. The number of rotatable bonds is 6. The molecule has 6 heteroatoms. The molecule has 0 saturated carbocycles. The molecule has 0 aliphatic rings. The van der Waals surface area contributed by atoms with Gasteiger partial charge in [0.2, 0.25) is 0 Å². The highest BCUT2D eigenvalue weighted by atomic mass is 35.5. The van der Waals surface area contributed by atoms with Crippen LogP contribution in [0.4, 0.5) is 0 Å². The van der Waals surface area contributed by atoms with Gasteiger partial charge in [-0.2, -0.15) is 5.26 Å². The van der Waals surface area contributed by atoms with Crippen molar-refractivity contribution >= 4 is 36.1 Å². The largest absolute Gasteiger partial charge is 0.493 e. The lowest BCUT2D eigenvalue weighted by Gasteiger charge is -2.13. The normalized spacial score (nSPS) is 9.16. The number of fused-ring (bicyclic) bond motifs is 1. The minimum atomic E-state index is 0.581. The molecular weight excluding hydrogens is 412 g/mol. The first-order chi connectivity index (χ1) is 15.2. The third kappa shape index (κ3) is 7.27. The van der Waals surface area contributed by atoms with Gasteiger partial charge in [0.15, 0.2) is 0 Å². The molecule has 0 amide bonds. The van der Waals surface area contributed by atoms with Gasteiger partial charge in [-0.05, 0) is 48.7 Å². The highest BCUT2D eigenvalue weighted by molar-refractivity contribution is 6.31. The molecule has 0 radical (unpaired) electrons. The van der Waals surface area contributed by atoms with E-state index in [-0.39, 0.29) is 0 Å². The summed E-state index contributed by atoms with van der Waals surface area (Å²) >= 11 is 6.33. The Labute approximate surface area is 190 Å². The van der Waals surface area contributed by atoms with Crippen molar-refractivity contribution in [1.82, 2.24) is 4.57 Å². The predicted molar refractivity (Wildman–Crippen MR) is 128 cm³/mol. The summed E-state index contributed by atoms with van der Waals surface area (Å²) in [7, 11) is 0. The Morgan fingerprint density at radius 1 is 1.06 bits per heavy atom. The molecule has 0 saturated heterocycles. The first-order valence-corrected chi connectivity index (χ1v) is 10.6. The van der Waals surface area contributed by atoms with Crippen LogP contribution < -0.4 is 4.74 Å². The molecular formula is C25H31ClN2O3. The number of carbonyl (C=O) groups excluding carboxylic acids is 2. The number of aryl methyl sites for hydroxylation is 1. The van der Waals surface area contributed by atoms with Gasteiger partial charge in [0.25, 0.3) is 0 Å². The van der Waals surface area contributed by atoms with Gasteiger partial charge in [-0.25, -0.2) is 0 Å². The zero-order chi connectivity index (χ0) is 23.8. The first kappa shape index (κ1) is 27.9. The van der Waals surface area contributed by atoms with Gasteiger partial charge in [-0.15, -0.1) is 0 Å². The van der Waals surface area contributed by atoms with E-state index in [0.29, 0.717) is 17.1 Å². The monoisotopic (exact) mass is 442 g/mol. The van der Waals surface area contributed by atoms with Crippen LogP contribution in [0.15, 0.2) is 42.6 Å². The van der Waals surface area contributed by atoms with Crippen LogP contribution in [-0.4, -0.2) is 24.8 Å². The Morgan fingerprint density at radius 2 is 1.74 bits per heavy atom. The van der Waals surface area contributed by atoms with Gasteiger partial charge in [0, 0.05) is 34.2 Å². The molecule has 2 aromatic carbocycles. The summed E-state index contributed by atoms with van der Waals surface area (Å²) in [5.74, 6) is 0.978. The molecule has 0 aliphatic heterocycles. The Hall–Kier alpha value is -3.10. The minimum Gasteiger partial charge on any atom is -0.493 e. The van der Waals surface area contributed by atoms with Crippen molar-refractivity contribution in [3.63, 3.8) is 0 Å². The maximum atomic E-state index is 8.97. The fourth-order valence-electron chi connectivity index (χ4n) is 3.09. The molecule has 0 unspecified atom stereocenters. The number of hydrogen-bond acceptors (Lipinski definition) is 4. The van der Waals surface area contributed by atoms with Crippen LogP contribution in [0.5, 0.6) is 5.75 Å². The molecule has 0 bridgehead atoms. The lowest BCUT2D eigenvalue weighted by Crippen LogP contribution is -2.01. The van der Waals surface area contributed by atoms with Crippen LogP contribution in [0.1, 0.15) is 50.8 Å². The molecule has 1 heterocycles. The Morgan fingerprint density at radius 3 is 2.29 bits per heavy atom. The molecule has 166 valence electrons. The fourth-order valence-corrected chi connectivity index (χ4v) is 3.33. The highest BCUT2D eigenvalue weighted by Gasteiger charge is 2.12. The zero-order valence-corrected chi connectivity index (χ0v) is 19.5. The van der Waals surface area contributed by atoms with Crippen molar-refractivity contribution in [1.29, 1.82) is 5.26 Å². The Kier molecular flexibility index (Phi) is 14.1. The third-order valence-electron chi connectivity index (χ3n) is 4.36. The van der Waals surface area contributed by atoms with Gasteiger partial charge in [0.1, 0.15) is 19.3 Å². The van der Waals surface area contributed by atoms with E-state index in [0.717, 1.165) is 30.8 Å². The number of halogens is 1. The van der Waals surface area contributed by atoms with Crippen molar-refractivity contribution in [3.8, 4) is 11.8 Å². The average Bonchev–Trinajstić information content (AvgIpc) is 3.25. The fraction of sp³-hybridized carbons (Fsp3) is 0.320. The number of benzene rings is 2. The van der Waals surface area contributed by atoms with Gasteiger partial charge >= 0.3 is 0 Å². The smallest absolute Gasteiger partial charge is 0.123 e. The molecule has 3 rings (SSSR count). The number of aromatic nitrogens is 1. The summed E-state index contributed by atoms with van der Waals surface area (Å²) in [6.45, 7) is 13.7. The number of hydrogen-bond donors (Lipinski definition) is 0. The topological polar surface area (TPSA) is 72.1 Å². The van der Waals surface area contributed by atoms with Crippen LogP contribution in [0.3, 0.4) is 0 Å². The molecule has 5 nitrogen and oxygen atoms in total. The number of nitrogens with zero attached hydrogens (tertiary/aromatic N) is 2. The number of ether oxygens (including phenoxy) is 1. The van der Waals surface area contributed by atoms with E-state index in [1.54, 1.807) is 12.1 Å². The first-order valence-electron chi connectivity index (χ1n) is 10.2. The SMILES string of the molecule is C=O.C=O.CC.CCCOc1ccc2c(ccn2Cc2ccc(C#N)cc2Cl)c1CC. The Balaban J connectivity index is 0.00000138.